The van der Waals surface area contributed by atoms with Crippen molar-refractivity contribution in [3.8, 4) is 0 Å². The summed E-state index contributed by atoms with van der Waals surface area (Å²) in [5.41, 5.74) is 1.41. The van der Waals surface area contributed by atoms with Gasteiger partial charge in [-0.3, -0.25) is 0 Å². The highest BCUT2D eigenvalue weighted by molar-refractivity contribution is 9.11. The van der Waals surface area contributed by atoms with Crippen LogP contribution in [0.4, 0.5) is 0 Å². The van der Waals surface area contributed by atoms with Gasteiger partial charge in [0.25, 0.3) is 0 Å². The van der Waals surface area contributed by atoms with Gasteiger partial charge in [-0.15, -0.1) is 11.3 Å². The van der Waals surface area contributed by atoms with Crippen molar-refractivity contribution in [2.24, 2.45) is 0 Å². The highest BCUT2D eigenvalue weighted by atomic mass is 79.9. The fourth-order valence-corrected chi connectivity index (χ4v) is 2.89. The van der Waals surface area contributed by atoms with Gasteiger partial charge in [-0.25, -0.2) is 0 Å². The topological polar surface area (TPSA) is 3.24 Å². The van der Waals surface area contributed by atoms with Crippen LogP contribution < -0.4 is 0 Å². The molecule has 1 nitrogen and oxygen atoms in total. The van der Waals surface area contributed by atoms with Crippen molar-refractivity contribution in [1.29, 1.82) is 0 Å². The molecule has 0 aliphatic rings. The lowest BCUT2D eigenvalue weighted by molar-refractivity contribution is 0.322. The fraction of sp³-hybridized carbons (Fsp3) is 0.600. The Morgan fingerprint density at radius 1 is 1.43 bits per heavy atom. The molecule has 1 rings (SSSR count). The SMILES string of the molecule is CN(CCCCBr)Cc1csc(Br)c1. The summed E-state index contributed by atoms with van der Waals surface area (Å²) in [5, 5.41) is 3.33. The highest BCUT2D eigenvalue weighted by Gasteiger charge is 2.01. The summed E-state index contributed by atoms with van der Waals surface area (Å²) in [6.07, 6.45) is 2.53. The first kappa shape index (κ1) is 12.7. The maximum absolute atomic E-state index is 3.48. The molecule has 0 unspecified atom stereocenters. The Kier molecular flexibility index (Phi) is 6.33. The molecule has 0 aliphatic heterocycles. The van der Waals surface area contributed by atoms with Gasteiger partial charge in [0, 0.05) is 11.9 Å². The normalized spacial score (nSPS) is 11.1. The molecule has 0 saturated heterocycles. The molecule has 80 valence electrons. The summed E-state index contributed by atoms with van der Waals surface area (Å²) in [5.74, 6) is 0. The van der Waals surface area contributed by atoms with Gasteiger partial charge in [0.2, 0.25) is 0 Å². The van der Waals surface area contributed by atoms with Crippen LogP contribution >= 0.6 is 43.2 Å². The van der Waals surface area contributed by atoms with E-state index >= 15 is 0 Å². The van der Waals surface area contributed by atoms with E-state index in [4.69, 9.17) is 0 Å². The van der Waals surface area contributed by atoms with Crippen molar-refractivity contribution in [3.63, 3.8) is 0 Å². The van der Waals surface area contributed by atoms with E-state index in [2.05, 4.69) is 55.3 Å². The number of halogens is 2. The zero-order chi connectivity index (χ0) is 10.4. The number of hydrogen-bond acceptors (Lipinski definition) is 2. The van der Waals surface area contributed by atoms with Crippen molar-refractivity contribution in [2.45, 2.75) is 19.4 Å². The van der Waals surface area contributed by atoms with Gasteiger partial charge in [0.05, 0.1) is 3.79 Å². The van der Waals surface area contributed by atoms with Crippen LogP contribution in [0.3, 0.4) is 0 Å². The van der Waals surface area contributed by atoms with Crippen LogP contribution in [0, 0.1) is 0 Å². The number of unbranched alkanes of at least 4 members (excludes halogenated alkanes) is 1. The standard InChI is InChI=1S/C10H15Br2NS/c1-13(5-3-2-4-11)7-9-6-10(12)14-8-9/h6,8H,2-5,7H2,1H3. The summed E-state index contributed by atoms with van der Waals surface area (Å²) in [4.78, 5) is 2.37. The van der Waals surface area contributed by atoms with Crippen molar-refractivity contribution in [3.05, 3.63) is 20.8 Å². The lowest BCUT2D eigenvalue weighted by Gasteiger charge is -2.14. The molecule has 0 bridgehead atoms. The maximum atomic E-state index is 3.48. The van der Waals surface area contributed by atoms with Gasteiger partial charge in [-0.1, -0.05) is 15.9 Å². The largest absolute Gasteiger partial charge is 0.302 e. The van der Waals surface area contributed by atoms with Crippen LogP contribution in [0.1, 0.15) is 18.4 Å². The van der Waals surface area contributed by atoms with Crippen LogP contribution in [0.15, 0.2) is 15.2 Å². The average molecular weight is 341 g/mol. The third kappa shape index (κ3) is 4.91. The lowest BCUT2D eigenvalue weighted by atomic mass is 10.3. The predicted molar refractivity (Wildman–Crippen MR) is 71.4 cm³/mol. The lowest BCUT2D eigenvalue weighted by Crippen LogP contribution is -2.18. The third-order valence-electron chi connectivity index (χ3n) is 2.00. The Hall–Kier alpha value is 0.620. The van der Waals surface area contributed by atoms with E-state index in [0.717, 1.165) is 11.9 Å². The second-order valence-corrected chi connectivity index (χ2v) is 6.48. The Morgan fingerprint density at radius 2 is 2.21 bits per heavy atom. The molecule has 1 heterocycles. The van der Waals surface area contributed by atoms with Crippen LogP contribution in [-0.4, -0.2) is 23.8 Å². The maximum Gasteiger partial charge on any atom is 0.0701 e. The Labute approximate surface area is 107 Å². The molecule has 4 heteroatoms. The van der Waals surface area contributed by atoms with E-state index in [0.29, 0.717) is 0 Å². The average Bonchev–Trinajstić information content (AvgIpc) is 2.52. The highest BCUT2D eigenvalue weighted by Crippen LogP contribution is 2.21. The molecule has 14 heavy (non-hydrogen) atoms. The van der Waals surface area contributed by atoms with Crippen LogP contribution in [0.2, 0.25) is 0 Å². The molecule has 0 radical (unpaired) electrons. The number of alkyl halides is 1. The Morgan fingerprint density at radius 3 is 2.79 bits per heavy atom. The molecule has 1 aromatic rings. The van der Waals surface area contributed by atoms with E-state index in [9.17, 15) is 0 Å². The summed E-state index contributed by atoms with van der Waals surface area (Å²) in [7, 11) is 2.18. The van der Waals surface area contributed by atoms with Gasteiger partial charge in [0.15, 0.2) is 0 Å². The predicted octanol–water partition coefficient (Wildman–Crippen LogP) is 4.12. The van der Waals surface area contributed by atoms with E-state index in [1.165, 1.54) is 28.7 Å². The molecular formula is C10H15Br2NS. The fourth-order valence-electron chi connectivity index (χ4n) is 1.30. The molecule has 0 atom stereocenters. The van der Waals surface area contributed by atoms with Gasteiger partial charge >= 0.3 is 0 Å². The summed E-state index contributed by atoms with van der Waals surface area (Å²) < 4.78 is 1.22. The van der Waals surface area contributed by atoms with Crippen LogP contribution in [0.5, 0.6) is 0 Å². The monoisotopic (exact) mass is 339 g/mol. The molecule has 0 spiro atoms. The molecule has 0 N–H and O–H groups in total. The minimum Gasteiger partial charge on any atom is -0.302 e. The summed E-state index contributed by atoms with van der Waals surface area (Å²) in [6.45, 7) is 2.24. The van der Waals surface area contributed by atoms with Crippen molar-refractivity contribution in [1.82, 2.24) is 4.90 Å². The first-order valence-electron chi connectivity index (χ1n) is 4.70. The minimum atomic E-state index is 1.06. The number of thiophene rings is 1. The Balaban J connectivity index is 2.23. The van der Waals surface area contributed by atoms with Gasteiger partial charge in [-0.2, -0.15) is 0 Å². The first-order chi connectivity index (χ1) is 6.72. The number of hydrogen-bond donors (Lipinski definition) is 0. The van der Waals surface area contributed by atoms with E-state index < -0.39 is 0 Å². The molecular weight excluding hydrogens is 326 g/mol. The summed E-state index contributed by atoms with van der Waals surface area (Å²) >= 11 is 8.68. The van der Waals surface area contributed by atoms with E-state index in [1.807, 2.05) is 0 Å². The molecule has 0 aromatic carbocycles. The molecule has 1 aromatic heterocycles. The quantitative estimate of drug-likeness (QED) is 0.556. The van der Waals surface area contributed by atoms with E-state index in [-0.39, 0.29) is 0 Å². The minimum absolute atomic E-state index is 1.06. The van der Waals surface area contributed by atoms with Gasteiger partial charge in [-0.05, 0) is 59.4 Å². The number of nitrogens with zero attached hydrogens (tertiary/aromatic N) is 1. The zero-order valence-corrected chi connectivity index (χ0v) is 12.3. The smallest absolute Gasteiger partial charge is 0.0701 e. The van der Waals surface area contributed by atoms with Gasteiger partial charge < -0.3 is 4.90 Å². The van der Waals surface area contributed by atoms with Crippen molar-refractivity contribution in [2.75, 3.05) is 18.9 Å². The second-order valence-electron chi connectivity index (χ2n) is 3.39. The third-order valence-corrected chi connectivity index (χ3v) is 4.11. The van der Waals surface area contributed by atoms with Crippen LogP contribution in [-0.2, 0) is 6.54 Å². The summed E-state index contributed by atoms with van der Waals surface area (Å²) in [6, 6.07) is 2.20. The Bertz CT molecular complexity index is 262. The van der Waals surface area contributed by atoms with E-state index in [1.54, 1.807) is 11.3 Å². The molecule has 0 saturated carbocycles. The number of rotatable bonds is 6. The van der Waals surface area contributed by atoms with Crippen molar-refractivity contribution >= 4 is 43.2 Å². The molecule has 0 aliphatic carbocycles. The second kappa shape index (κ2) is 6.99. The molecule has 0 amide bonds. The zero-order valence-electron chi connectivity index (χ0n) is 8.30. The van der Waals surface area contributed by atoms with Gasteiger partial charge in [0.1, 0.15) is 0 Å². The first-order valence-corrected chi connectivity index (χ1v) is 7.49. The van der Waals surface area contributed by atoms with Crippen molar-refractivity contribution < 1.29 is 0 Å². The molecule has 0 fully saturated rings. The van der Waals surface area contributed by atoms with Crippen LogP contribution in [0.25, 0.3) is 0 Å².